The van der Waals surface area contributed by atoms with E-state index >= 15 is 0 Å². The normalized spacial score (nSPS) is 10.8. The lowest BCUT2D eigenvalue weighted by Crippen LogP contribution is -2.16. The van der Waals surface area contributed by atoms with E-state index in [1.165, 1.54) is 12.1 Å². The summed E-state index contributed by atoms with van der Waals surface area (Å²) >= 11 is 0. The lowest BCUT2D eigenvalue weighted by molar-refractivity contribution is -0.00348. The largest absolute Gasteiger partial charge is 0.487 e. The van der Waals surface area contributed by atoms with Gasteiger partial charge in [-0.1, -0.05) is 17.8 Å². The van der Waals surface area contributed by atoms with Gasteiger partial charge in [0.2, 0.25) is 5.75 Å². The van der Waals surface area contributed by atoms with Gasteiger partial charge in [-0.2, -0.15) is 0 Å². The van der Waals surface area contributed by atoms with Gasteiger partial charge in [0.15, 0.2) is 11.5 Å². The van der Waals surface area contributed by atoms with E-state index < -0.39 is 5.97 Å². The number of carboxylic acids is 1. The van der Waals surface area contributed by atoms with Crippen LogP contribution >= 0.6 is 0 Å². The Morgan fingerprint density at radius 1 is 0.386 bits per heavy atom. The van der Waals surface area contributed by atoms with Crippen LogP contribution in [0.3, 0.4) is 0 Å². The molecule has 17 heteroatoms. The number of carbonyl (C=O) groups is 1. The second-order valence-corrected chi connectivity index (χ2v) is 10.9. The molecular weight excluding hydrogens is 752 g/mol. The highest BCUT2D eigenvalue weighted by molar-refractivity contribution is 5.89. The minimum atomic E-state index is -1.17. The van der Waals surface area contributed by atoms with E-state index in [1.807, 2.05) is 0 Å². The van der Waals surface area contributed by atoms with Crippen molar-refractivity contribution >= 4 is 5.97 Å². The van der Waals surface area contributed by atoms with Crippen molar-refractivity contribution in [2.24, 2.45) is 0 Å². The third-order valence-corrected chi connectivity index (χ3v) is 6.62. The van der Waals surface area contributed by atoms with Crippen LogP contribution < -0.4 is 14.2 Å². The monoisotopic (exact) mass is 812 g/mol. The molecule has 1 aromatic carbocycles. The number of hydrogen-bond acceptors (Lipinski definition) is 16. The van der Waals surface area contributed by atoms with Gasteiger partial charge in [-0.3, -0.25) is 0 Å². The summed E-state index contributed by atoms with van der Waals surface area (Å²) < 4.78 is 82.7. The molecule has 0 spiro atoms. The summed E-state index contributed by atoms with van der Waals surface area (Å²) in [6.45, 7) is 8.73. The summed E-state index contributed by atoms with van der Waals surface area (Å²) in [5, 5.41) is 9.80. The molecule has 0 heterocycles. The number of aromatic carboxylic acids is 1. The van der Waals surface area contributed by atoms with Crippen LogP contribution in [0.5, 0.6) is 17.2 Å². The molecule has 0 bridgehead atoms. The molecule has 0 saturated carbocycles. The molecular formula is C40H60O17. The third-order valence-electron chi connectivity index (χ3n) is 6.62. The predicted molar refractivity (Wildman–Crippen MR) is 206 cm³/mol. The molecule has 1 aromatic rings. The Morgan fingerprint density at radius 2 is 0.614 bits per heavy atom. The Morgan fingerprint density at radius 3 is 0.860 bits per heavy atom. The van der Waals surface area contributed by atoms with E-state index in [0.29, 0.717) is 119 Å². The zero-order chi connectivity index (χ0) is 41.1. The summed E-state index contributed by atoms with van der Waals surface area (Å²) in [5.74, 6) is 6.54. The average molecular weight is 813 g/mol. The van der Waals surface area contributed by atoms with Crippen molar-refractivity contribution in [3.05, 3.63) is 17.7 Å². The Kier molecular flexibility index (Phi) is 36.4. The van der Waals surface area contributed by atoms with Gasteiger partial charge in [0.1, 0.15) is 39.6 Å². The quantitative estimate of drug-likeness (QED) is 0.0743. The molecule has 322 valence electrons. The fourth-order valence-corrected chi connectivity index (χ4v) is 4.05. The SMILES string of the molecule is C#CCOCCOCCOCCOCCOc1cc(C(=O)O)cc(OCCOCCOCCOCCOCC#C)c1OCCOCCOCCOCCOCC#C. The van der Waals surface area contributed by atoms with Crippen LogP contribution in [0.25, 0.3) is 0 Å². The molecule has 57 heavy (non-hydrogen) atoms. The predicted octanol–water partition coefficient (Wildman–Crippen LogP) is 1.62. The first-order chi connectivity index (χ1) is 28.1. The summed E-state index contributed by atoms with van der Waals surface area (Å²) in [6, 6.07) is 2.73. The van der Waals surface area contributed by atoms with E-state index in [1.54, 1.807) is 0 Å². The van der Waals surface area contributed by atoms with E-state index in [0.717, 1.165) is 0 Å². The van der Waals surface area contributed by atoms with Crippen LogP contribution in [0.2, 0.25) is 0 Å². The number of ether oxygens (including phenoxy) is 15. The number of rotatable bonds is 43. The molecule has 0 saturated heterocycles. The van der Waals surface area contributed by atoms with Crippen molar-refractivity contribution in [1.29, 1.82) is 0 Å². The second kappa shape index (κ2) is 40.5. The van der Waals surface area contributed by atoms with Gasteiger partial charge in [0.25, 0.3) is 0 Å². The first kappa shape index (κ1) is 51.3. The summed E-state index contributed by atoms with van der Waals surface area (Å²) in [6.07, 6.45) is 15.4. The van der Waals surface area contributed by atoms with E-state index in [2.05, 4.69) is 17.8 Å². The van der Waals surface area contributed by atoms with Gasteiger partial charge in [0.05, 0.1) is 144 Å². The molecule has 0 aliphatic heterocycles. The Bertz CT molecular complexity index is 1160. The second-order valence-electron chi connectivity index (χ2n) is 10.9. The van der Waals surface area contributed by atoms with E-state index in [-0.39, 0.29) is 82.3 Å². The first-order valence-electron chi connectivity index (χ1n) is 18.7. The van der Waals surface area contributed by atoms with Gasteiger partial charge >= 0.3 is 5.97 Å². The van der Waals surface area contributed by atoms with Gasteiger partial charge in [-0.15, -0.1) is 19.3 Å². The maximum Gasteiger partial charge on any atom is 0.335 e. The molecule has 0 radical (unpaired) electrons. The van der Waals surface area contributed by atoms with Gasteiger partial charge < -0.3 is 76.2 Å². The van der Waals surface area contributed by atoms with Crippen molar-refractivity contribution in [3.63, 3.8) is 0 Å². The lowest BCUT2D eigenvalue weighted by atomic mass is 10.2. The van der Waals surface area contributed by atoms with Crippen molar-refractivity contribution in [2.75, 3.05) is 178 Å². The molecule has 0 amide bonds. The topological polar surface area (TPSA) is 176 Å². The van der Waals surface area contributed by atoms with Crippen LogP contribution in [-0.2, 0) is 56.8 Å². The van der Waals surface area contributed by atoms with Gasteiger partial charge in [-0.05, 0) is 12.1 Å². The molecule has 0 fully saturated rings. The summed E-state index contributed by atoms with van der Waals surface area (Å²) in [5.41, 5.74) is -0.0527. The molecule has 0 aliphatic rings. The maximum atomic E-state index is 12.0. The fraction of sp³-hybridized carbons (Fsp3) is 0.675. The molecule has 0 aliphatic carbocycles. The summed E-state index contributed by atoms with van der Waals surface area (Å²) in [4.78, 5) is 12.0. The lowest BCUT2D eigenvalue weighted by Gasteiger charge is -2.18. The zero-order valence-corrected chi connectivity index (χ0v) is 33.0. The first-order valence-corrected chi connectivity index (χ1v) is 18.7. The molecule has 0 unspecified atom stereocenters. The highest BCUT2D eigenvalue weighted by atomic mass is 16.6. The number of terminal acetylenes is 3. The molecule has 0 aromatic heterocycles. The number of benzene rings is 1. The third kappa shape index (κ3) is 32.0. The highest BCUT2D eigenvalue weighted by Crippen LogP contribution is 2.39. The smallest absolute Gasteiger partial charge is 0.335 e. The molecule has 17 nitrogen and oxygen atoms in total. The Labute approximate surface area is 336 Å². The van der Waals surface area contributed by atoms with Gasteiger partial charge in [-0.25, -0.2) is 4.79 Å². The van der Waals surface area contributed by atoms with Crippen molar-refractivity contribution < 1.29 is 81.0 Å². The van der Waals surface area contributed by atoms with Gasteiger partial charge in [0, 0.05) is 0 Å². The standard InChI is InChI=1S/C40H60O17/c1-4-7-43-10-13-46-16-19-49-22-25-52-28-31-55-37-34-36(40(41)42)35-38(56-32-29-53-26-23-50-20-17-47-14-11-44-8-5-2)39(37)57-33-30-54-27-24-51-21-18-48-15-12-45-9-6-3/h1-3,34-35H,7-33H2,(H,41,42). The van der Waals surface area contributed by atoms with Crippen LogP contribution in [0.4, 0.5) is 0 Å². The molecule has 1 rings (SSSR count). The highest BCUT2D eigenvalue weighted by Gasteiger charge is 2.19. The van der Waals surface area contributed by atoms with Crippen LogP contribution in [0.15, 0.2) is 12.1 Å². The zero-order valence-electron chi connectivity index (χ0n) is 33.0. The van der Waals surface area contributed by atoms with Crippen molar-refractivity contribution in [3.8, 4) is 54.3 Å². The fourth-order valence-electron chi connectivity index (χ4n) is 4.05. The van der Waals surface area contributed by atoms with Crippen LogP contribution in [-0.4, -0.2) is 189 Å². The number of hydrogen-bond donors (Lipinski definition) is 1. The Balaban J connectivity index is 2.53. The van der Waals surface area contributed by atoms with Crippen molar-refractivity contribution in [1.82, 2.24) is 0 Å². The maximum absolute atomic E-state index is 12.0. The molecule has 0 atom stereocenters. The Hall–Kier alpha value is -3.71. The summed E-state index contributed by atoms with van der Waals surface area (Å²) in [7, 11) is 0. The minimum Gasteiger partial charge on any atom is -0.487 e. The minimum absolute atomic E-state index is 0.0527. The van der Waals surface area contributed by atoms with E-state index in [4.69, 9.17) is 90.3 Å². The average Bonchev–Trinajstić information content (AvgIpc) is 3.21. The van der Waals surface area contributed by atoms with E-state index in [9.17, 15) is 9.90 Å². The number of carboxylic acid groups (broad SMARTS) is 1. The molecule has 1 N–H and O–H groups in total. The van der Waals surface area contributed by atoms with Crippen LogP contribution in [0.1, 0.15) is 10.4 Å². The van der Waals surface area contributed by atoms with Crippen LogP contribution in [0, 0.1) is 37.0 Å². The van der Waals surface area contributed by atoms with Crippen molar-refractivity contribution in [2.45, 2.75) is 0 Å².